The molecule has 2 fully saturated rings. The zero-order chi connectivity index (χ0) is 25.8. The van der Waals surface area contributed by atoms with Gasteiger partial charge in [0.15, 0.2) is 5.69 Å². The summed E-state index contributed by atoms with van der Waals surface area (Å²) in [7, 11) is 1.61. The molecule has 1 aromatic heterocycles. The van der Waals surface area contributed by atoms with Crippen molar-refractivity contribution < 1.29 is 14.4 Å². The van der Waals surface area contributed by atoms with Crippen molar-refractivity contribution in [2.75, 3.05) is 18.9 Å². The van der Waals surface area contributed by atoms with Crippen molar-refractivity contribution >= 4 is 23.4 Å². The predicted octanol–water partition coefficient (Wildman–Crippen LogP) is 2.29. The van der Waals surface area contributed by atoms with E-state index in [-0.39, 0.29) is 36.0 Å². The van der Waals surface area contributed by atoms with Crippen LogP contribution in [0.4, 0.5) is 5.69 Å². The Hall–Kier alpha value is -3.74. The fourth-order valence-corrected chi connectivity index (χ4v) is 5.28. The van der Waals surface area contributed by atoms with E-state index in [9.17, 15) is 19.6 Å². The second-order valence-corrected chi connectivity index (χ2v) is 11.2. The standard InChI is InChI=1S/C26H31N7O3/c1-25(2,3)33-14-20(29-30-33)22(34)31(4)21(11-16-9-10-16)23(35)32-15-26(12-17(32)13-27)18-7-5-6-8-19(18)28-24(26)36/h5-8,14,16-17,21H,9-12,15H2,1-4H3,(H,28,36)/t17-,21-,26-/m0/s1. The Morgan fingerprint density at radius 2 is 2.03 bits per heavy atom. The van der Waals surface area contributed by atoms with E-state index >= 15 is 0 Å². The van der Waals surface area contributed by atoms with Gasteiger partial charge in [-0.25, -0.2) is 4.68 Å². The number of likely N-dealkylation sites (tertiary alicyclic amines) is 1. The molecule has 36 heavy (non-hydrogen) atoms. The van der Waals surface area contributed by atoms with Gasteiger partial charge >= 0.3 is 0 Å². The molecule has 10 heteroatoms. The average Bonchev–Trinajstić information content (AvgIpc) is 3.27. The molecular weight excluding hydrogens is 458 g/mol. The van der Waals surface area contributed by atoms with Gasteiger partial charge in [0.2, 0.25) is 11.8 Å². The first-order valence-electron chi connectivity index (χ1n) is 12.4. The van der Waals surface area contributed by atoms with Crippen molar-refractivity contribution in [3.63, 3.8) is 0 Å². The van der Waals surface area contributed by atoms with Crippen LogP contribution in [-0.2, 0) is 20.5 Å². The number of nitriles is 1. The van der Waals surface area contributed by atoms with Crippen molar-refractivity contribution in [2.45, 2.75) is 69.5 Å². The van der Waals surface area contributed by atoms with Crippen LogP contribution in [0.15, 0.2) is 30.5 Å². The second-order valence-electron chi connectivity index (χ2n) is 11.2. The van der Waals surface area contributed by atoms with Gasteiger partial charge in [0.05, 0.1) is 23.2 Å². The van der Waals surface area contributed by atoms with Gasteiger partial charge < -0.3 is 15.1 Å². The van der Waals surface area contributed by atoms with E-state index in [1.54, 1.807) is 17.9 Å². The summed E-state index contributed by atoms with van der Waals surface area (Å²) in [6, 6.07) is 8.14. The van der Waals surface area contributed by atoms with Crippen LogP contribution in [0, 0.1) is 17.2 Å². The minimum atomic E-state index is -0.964. The predicted molar refractivity (Wildman–Crippen MR) is 131 cm³/mol. The van der Waals surface area contributed by atoms with Crippen LogP contribution < -0.4 is 5.32 Å². The molecule has 1 N–H and O–H groups in total. The topological polar surface area (TPSA) is 124 Å². The summed E-state index contributed by atoms with van der Waals surface area (Å²) in [5, 5.41) is 21.0. The monoisotopic (exact) mass is 489 g/mol. The van der Waals surface area contributed by atoms with Gasteiger partial charge in [0, 0.05) is 25.7 Å². The summed E-state index contributed by atoms with van der Waals surface area (Å²) in [6.07, 6.45) is 4.35. The average molecular weight is 490 g/mol. The third-order valence-electron chi connectivity index (χ3n) is 7.64. The number of nitrogens with one attached hydrogen (secondary N) is 1. The van der Waals surface area contributed by atoms with E-state index in [4.69, 9.17) is 0 Å². The molecule has 1 spiro atoms. The summed E-state index contributed by atoms with van der Waals surface area (Å²) < 4.78 is 1.62. The molecule has 3 amide bonds. The van der Waals surface area contributed by atoms with Crippen LogP contribution in [0.5, 0.6) is 0 Å². The van der Waals surface area contributed by atoms with Gasteiger partial charge in [-0.1, -0.05) is 36.3 Å². The first kappa shape index (κ1) is 24.0. The lowest BCUT2D eigenvalue weighted by Crippen LogP contribution is -2.51. The number of benzene rings is 1. The normalized spacial score (nSPS) is 23.8. The molecule has 3 heterocycles. The Bertz CT molecular complexity index is 1270. The number of aromatic nitrogens is 3. The molecule has 1 aromatic carbocycles. The van der Waals surface area contributed by atoms with Crippen molar-refractivity contribution in [1.82, 2.24) is 24.8 Å². The van der Waals surface area contributed by atoms with E-state index in [0.29, 0.717) is 12.3 Å². The lowest BCUT2D eigenvalue weighted by molar-refractivity contribution is -0.136. The maximum atomic E-state index is 14.0. The maximum Gasteiger partial charge on any atom is 0.276 e. The van der Waals surface area contributed by atoms with Gasteiger partial charge in [-0.15, -0.1) is 5.10 Å². The molecule has 2 aliphatic heterocycles. The number of carbonyl (C=O) groups is 3. The van der Waals surface area contributed by atoms with E-state index in [0.717, 1.165) is 24.1 Å². The largest absolute Gasteiger partial charge is 0.328 e. The van der Waals surface area contributed by atoms with Crippen LogP contribution in [0.3, 0.4) is 0 Å². The highest BCUT2D eigenvalue weighted by Crippen LogP contribution is 2.47. The van der Waals surface area contributed by atoms with Crippen LogP contribution in [-0.4, -0.2) is 68.2 Å². The van der Waals surface area contributed by atoms with Crippen molar-refractivity contribution in [1.29, 1.82) is 5.26 Å². The lowest BCUT2D eigenvalue weighted by atomic mass is 9.80. The summed E-state index contributed by atoms with van der Waals surface area (Å²) in [5.74, 6) is -0.536. The third-order valence-corrected chi connectivity index (χ3v) is 7.64. The molecule has 1 aliphatic carbocycles. The maximum absolute atomic E-state index is 14.0. The Kier molecular flexibility index (Phi) is 5.62. The first-order chi connectivity index (χ1) is 17.0. The highest BCUT2D eigenvalue weighted by atomic mass is 16.2. The van der Waals surface area contributed by atoms with Crippen molar-refractivity contribution in [3.8, 4) is 6.07 Å². The number of amides is 3. The molecule has 1 saturated heterocycles. The van der Waals surface area contributed by atoms with E-state index in [1.807, 2.05) is 45.0 Å². The molecular formula is C26H31N7O3. The Balaban J connectivity index is 1.43. The van der Waals surface area contributed by atoms with Gasteiger partial charge in [-0.3, -0.25) is 14.4 Å². The van der Waals surface area contributed by atoms with Crippen LogP contribution >= 0.6 is 0 Å². The summed E-state index contributed by atoms with van der Waals surface area (Å²) in [5.41, 5.74) is 0.397. The molecule has 0 radical (unpaired) electrons. The van der Waals surface area contributed by atoms with Crippen LogP contribution in [0.2, 0.25) is 0 Å². The number of para-hydroxylation sites is 1. The van der Waals surface area contributed by atoms with Gasteiger partial charge in [0.25, 0.3) is 5.91 Å². The summed E-state index contributed by atoms with van der Waals surface area (Å²) in [4.78, 5) is 43.4. The molecule has 188 valence electrons. The van der Waals surface area contributed by atoms with E-state index in [1.165, 1.54) is 9.80 Å². The van der Waals surface area contributed by atoms with Gasteiger partial charge in [0.1, 0.15) is 12.1 Å². The Labute approximate surface area is 210 Å². The molecule has 3 atom stereocenters. The minimum Gasteiger partial charge on any atom is -0.328 e. The molecule has 1 saturated carbocycles. The SMILES string of the molecule is CN(C(=O)c1cn(C(C)(C)C)nn1)[C@@H](CC1CC1)C(=O)N1C[C@]2(C[C@H]1C#N)C(=O)Nc1ccccc12. The Morgan fingerprint density at radius 1 is 1.31 bits per heavy atom. The third kappa shape index (κ3) is 3.92. The highest BCUT2D eigenvalue weighted by Gasteiger charge is 2.57. The quantitative estimate of drug-likeness (QED) is 0.687. The lowest BCUT2D eigenvalue weighted by Gasteiger charge is -2.32. The van der Waals surface area contributed by atoms with Gasteiger partial charge in [-0.2, -0.15) is 5.26 Å². The van der Waals surface area contributed by atoms with Crippen molar-refractivity contribution in [2.24, 2.45) is 5.92 Å². The summed E-state index contributed by atoms with van der Waals surface area (Å²) >= 11 is 0. The zero-order valence-electron chi connectivity index (χ0n) is 21.1. The van der Waals surface area contributed by atoms with E-state index < -0.39 is 23.4 Å². The van der Waals surface area contributed by atoms with E-state index in [2.05, 4.69) is 21.7 Å². The number of rotatable bonds is 5. The van der Waals surface area contributed by atoms with Crippen LogP contribution in [0.1, 0.15) is 62.5 Å². The molecule has 5 rings (SSSR count). The highest BCUT2D eigenvalue weighted by molar-refractivity contribution is 6.07. The fraction of sp³-hybridized carbons (Fsp3) is 0.538. The number of likely N-dealkylation sites (N-methyl/N-ethyl adjacent to an activating group) is 1. The molecule has 10 nitrogen and oxygen atoms in total. The second kappa shape index (κ2) is 8.43. The van der Waals surface area contributed by atoms with Crippen molar-refractivity contribution in [3.05, 3.63) is 41.7 Å². The number of carbonyl (C=O) groups excluding carboxylic acids is 3. The smallest absolute Gasteiger partial charge is 0.276 e. The zero-order valence-corrected chi connectivity index (χ0v) is 21.1. The minimum absolute atomic E-state index is 0.107. The number of anilines is 1. The number of nitrogens with zero attached hydrogens (tertiary/aromatic N) is 6. The van der Waals surface area contributed by atoms with Gasteiger partial charge in [-0.05, 0) is 44.7 Å². The van der Waals surface area contributed by atoms with Crippen LogP contribution in [0.25, 0.3) is 0 Å². The first-order valence-corrected chi connectivity index (χ1v) is 12.4. The molecule has 0 bridgehead atoms. The molecule has 2 aromatic rings. The molecule has 3 aliphatic rings. The summed E-state index contributed by atoms with van der Waals surface area (Å²) in [6.45, 7) is 5.99. The number of hydrogen-bond acceptors (Lipinski definition) is 6. The molecule has 0 unspecified atom stereocenters. The Morgan fingerprint density at radius 3 is 2.67 bits per heavy atom. The fourth-order valence-electron chi connectivity index (χ4n) is 5.28. The number of hydrogen-bond donors (Lipinski definition) is 1. The number of fused-ring (bicyclic) bond motifs is 2.